The first-order valence-electron chi connectivity index (χ1n) is 12.5. The summed E-state index contributed by atoms with van der Waals surface area (Å²) in [5.74, 6) is 2.00. The molecule has 0 saturated heterocycles. The minimum atomic E-state index is -0.377. The standard InChI is InChI=1S/C28H31N7O2/c1-16-14-18(12-13-22(16)37-3)24(29)23-25(30)31-15-32-26(23)33-17(2)27-34-21-11-6-4-5-10-20(21)28(36)35(27)19-8-7-9-19/h5-6,10-15,17,19,29H,4,7-9H2,1-3H3,(H3,30,31,32,33). The van der Waals surface area contributed by atoms with Crippen LogP contribution in [0.4, 0.5) is 11.6 Å². The van der Waals surface area contributed by atoms with Gasteiger partial charge in [-0.1, -0.05) is 18.2 Å². The summed E-state index contributed by atoms with van der Waals surface area (Å²) in [5.41, 5.74) is 9.70. The number of nitrogens with two attached hydrogens (primary N) is 1. The monoisotopic (exact) mass is 497 g/mol. The van der Waals surface area contributed by atoms with Crippen LogP contribution in [0.3, 0.4) is 0 Å². The van der Waals surface area contributed by atoms with Gasteiger partial charge in [-0.3, -0.25) is 14.8 Å². The number of ether oxygens (including phenoxy) is 1. The second-order valence-corrected chi connectivity index (χ2v) is 9.48. The SMILES string of the molecule is COc1ccc(C(=N)c2c(N)ncnc2NC(C)c2nc3c(c(=O)n2C2CCC2)C=CCC=C3)cc1C. The minimum absolute atomic E-state index is 0.0231. The zero-order chi connectivity index (χ0) is 26.1. The molecule has 9 nitrogen and oxygen atoms in total. The molecule has 1 aromatic carbocycles. The van der Waals surface area contributed by atoms with Crippen LogP contribution in [-0.2, 0) is 0 Å². The molecule has 9 heteroatoms. The average Bonchev–Trinajstić information content (AvgIpc) is 3.10. The topological polar surface area (TPSA) is 132 Å². The Labute approximate surface area is 215 Å². The molecule has 0 amide bonds. The third-order valence-electron chi connectivity index (χ3n) is 7.03. The molecule has 2 heterocycles. The highest BCUT2D eigenvalue weighted by atomic mass is 16.5. The van der Waals surface area contributed by atoms with E-state index in [1.54, 1.807) is 7.11 Å². The van der Waals surface area contributed by atoms with Crippen molar-refractivity contribution in [3.05, 3.63) is 80.8 Å². The number of nitrogen functional groups attached to an aromatic ring is 1. The Morgan fingerprint density at radius 2 is 2.03 bits per heavy atom. The van der Waals surface area contributed by atoms with Gasteiger partial charge in [0.15, 0.2) is 0 Å². The molecule has 190 valence electrons. The van der Waals surface area contributed by atoms with Crippen molar-refractivity contribution in [3.8, 4) is 5.75 Å². The molecule has 37 heavy (non-hydrogen) atoms. The number of aromatic nitrogens is 4. The lowest BCUT2D eigenvalue weighted by Crippen LogP contribution is -2.36. The molecule has 1 unspecified atom stereocenters. The van der Waals surface area contributed by atoms with Crippen molar-refractivity contribution in [1.29, 1.82) is 5.41 Å². The molecule has 0 aliphatic heterocycles. The molecule has 0 spiro atoms. The molecular weight excluding hydrogens is 466 g/mol. The van der Waals surface area contributed by atoms with Gasteiger partial charge in [0.05, 0.1) is 35.7 Å². The summed E-state index contributed by atoms with van der Waals surface area (Å²) in [4.78, 5) is 27.1. The van der Waals surface area contributed by atoms with Gasteiger partial charge < -0.3 is 15.8 Å². The second-order valence-electron chi connectivity index (χ2n) is 9.48. The van der Waals surface area contributed by atoms with Crippen molar-refractivity contribution < 1.29 is 4.74 Å². The molecule has 4 N–H and O–H groups in total. The number of nitrogens with one attached hydrogen (secondary N) is 2. The zero-order valence-electron chi connectivity index (χ0n) is 21.3. The molecule has 1 atom stereocenters. The summed E-state index contributed by atoms with van der Waals surface area (Å²) in [6, 6.07) is 5.27. The molecule has 2 aromatic heterocycles. The van der Waals surface area contributed by atoms with E-state index in [4.69, 9.17) is 20.9 Å². The molecule has 1 saturated carbocycles. The number of nitrogens with zero attached hydrogens (tertiary/aromatic N) is 4. The summed E-state index contributed by atoms with van der Waals surface area (Å²) in [7, 11) is 1.62. The fraction of sp³-hybridized carbons (Fsp3) is 0.321. The highest BCUT2D eigenvalue weighted by Crippen LogP contribution is 2.34. The van der Waals surface area contributed by atoms with E-state index in [0.29, 0.717) is 34.0 Å². The van der Waals surface area contributed by atoms with Gasteiger partial charge in [-0.05, 0) is 69.4 Å². The van der Waals surface area contributed by atoms with Gasteiger partial charge in [-0.2, -0.15) is 0 Å². The van der Waals surface area contributed by atoms with E-state index in [1.807, 2.05) is 60.9 Å². The predicted octanol–water partition coefficient (Wildman–Crippen LogP) is 4.68. The van der Waals surface area contributed by atoms with E-state index in [2.05, 4.69) is 15.3 Å². The highest BCUT2D eigenvalue weighted by molar-refractivity contribution is 6.16. The van der Waals surface area contributed by atoms with Crippen molar-refractivity contribution in [3.63, 3.8) is 0 Å². The van der Waals surface area contributed by atoms with Crippen LogP contribution >= 0.6 is 0 Å². The summed E-state index contributed by atoms with van der Waals surface area (Å²) < 4.78 is 7.20. The van der Waals surface area contributed by atoms with Crippen LogP contribution in [0.2, 0.25) is 0 Å². The van der Waals surface area contributed by atoms with Crippen molar-refractivity contribution in [2.75, 3.05) is 18.2 Å². The number of hydrogen-bond donors (Lipinski definition) is 3. The Kier molecular flexibility index (Phi) is 6.60. The Bertz CT molecular complexity index is 1480. The Hall–Kier alpha value is -4.27. The Balaban J connectivity index is 1.55. The van der Waals surface area contributed by atoms with Crippen molar-refractivity contribution >= 4 is 29.5 Å². The summed E-state index contributed by atoms with van der Waals surface area (Å²) >= 11 is 0. The van der Waals surface area contributed by atoms with E-state index < -0.39 is 0 Å². The highest BCUT2D eigenvalue weighted by Gasteiger charge is 2.29. The van der Waals surface area contributed by atoms with Gasteiger partial charge in [0.25, 0.3) is 5.56 Å². The van der Waals surface area contributed by atoms with Crippen LogP contribution < -0.4 is 21.3 Å². The van der Waals surface area contributed by atoms with Gasteiger partial charge in [0.2, 0.25) is 0 Å². The fourth-order valence-electron chi connectivity index (χ4n) is 4.81. The number of fused-ring (bicyclic) bond motifs is 1. The summed E-state index contributed by atoms with van der Waals surface area (Å²) in [6.45, 7) is 3.87. The zero-order valence-corrected chi connectivity index (χ0v) is 21.3. The maximum atomic E-state index is 13.6. The first-order valence-corrected chi connectivity index (χ1v) is 12.5. The van der Waals surface area contributed by atoms with E-state index in [0.717, 1.165) is 37.0 Å². The maximum Gasteiger partial charge on any atom is 0.261 e. The van der Waals surface area contributed by atoms with E-state index >= 15 is 0 Å². The quantitative estimate of drug-likeness (QED) is 0.404. The summed E-state index contributed by atoms with van der Waals surface area (Å²) in [5, 5.41) is 12.3. The molecule has 2 aliphatic carbocycles. The van der Waals surface area contributed by atoms with Crippen molar-refractivity contribution in [2.45, 2.75) is 51.6 Å². The number of allylic oxidation sites excluding steroid dienone is 2. The molecule has 5 rings (SSSR count). The van der Waals surface area contributed by atoms with Crippen LogP contribution in [0.25, 0.3) is 12.2 Å². The van der Waals surface area contributed by atoms with Crippen molar-refractivity contribution in [2.24, 2.45) is 0 Å². The number of rotatable bonds is 7. The van der Waals surface area contributed by atoms with Gasteiger partial charge in [0, 0.05) is 11.6 Å². The Morgan fingerprint density at radius 1 is 1.24 bits per heavy atom. The molecule has 0 radical (unpaired) electrons. The van der Waals surface area contributed by atoms with Gasteiger partial charge in [0.1, 0.15) is 29.5 Å². The second kappa shape index (κ2) is 10.0. The molecule has 1 fully saturated rings. The fourth-order valence-corrected chi connectivity index (χ4v) is 4.81. The lowest BCUT2D eigenvalue weighted by Gasteiger charge is -2.32. The predicted molar refractivity (Wildman–Crippen MR) is 146 cm³/mol. The van der Waals surface area contributed by atoms with Gasteiger partial charge in [-0.25, -0.2) is 15.0 Å². The average molecular weight is 498 g/mol. The lowest BCUT2D eigenvalue weighted by atomic mass is 9.92. The smallest absolute Gasteiger partial charge is 0.261 e. The van der Waals surface area contributed by atoms with Crippen LogP contribution in [-0.4, -0.2) is 32.3 Å². The Morgan fingerprint density at radius 3 is 2.73 bits per heavy atom. The molecule has 0 bridgehead atoms. The third-order valence-corrected chi connectivity index (χ3v) is 7.03. The first kappa shape index (κ1) is 24.4. The lowest BCUT2D eigenvalue weighted by molar-refractivity contribution is 0.292. The molecule has 3 aromatic rings. The first-order chi connectivity index (χ1) is 17.9. The van der Waals surface area contributed by atoms with Crippen LogP contribution in [0.1, 0.15) is 78.5 Å². The summed E-state index contributed by atoms with van der Waals surface area (Å²) in [6.07, 6.45) is 12.9. The maximum absolute atomic E-state index is 13.6. The third kappa shape index (κ3) is 4.52. The number of hydrogen-bond acceptors (Lipinski definition) is 8. The van der Waals surface area contributed by atoms with Gasteiger partial charge in [-0.15, -0.1) is 0 Å². The normalized spacial score (nSPS) is 15.4. The minimum Gasteiger partial charge on any atom is -0.496 e. The van der Waals surface area contributed by atoms with E-state index in [9.17, 15) is 4.79 Å². The largest absolute Gasteiger partial charge is 0.496 e. The van der Waals surface area contributed by atoms with Crippen LogP contribution in [0, 0.1) is 12.3 Å². The van der Waals surface area contributed by atoms with E-state index in [-0.39, 0.29) is 29.2 Å². The van der Waals surface area contributed by atoms with Crippen molar-refractivity contribution in [1.82, 2.24) is 19.5 Å². The molecule has 2 aliphatic rings. The van der Waals surface area contributed by atoms with Crippen LogP contribution in [0.5, 0.6) is 5.75 Å². The number of aryl methyl sites for hydroxylation is 1. The molecular formula is C28H31N7O2. The van der Waals surface area contributed by atoms with Gasteiger partial charge >= 0.3 is 0 Å². The number of anilines is 2. The van der Waals surface area contributed by atoms with Crippen LogP contribution in [0.15, 0.2) is 41.5 Å². The van der Waals surface area contributed by atoms with E-state index in [1.165, 1.54) is 6.33 Å². The number of benzene rings is 1. The number of methoxy groups -OCH3 is 1.